The van der Waals surface area contributed by atoms with Gasteiger partial charge in [0.2, 0.25) is 0 Å². The van der Waals surface area contributed by atoms with Gasteiger partial charge in [0.1, 0.15) is 11.3 Å². The summed E-state index contributed by atoms with van der Waals surface area (Å²) in [5, 5.41) is 11.6. The van der Waals surface area contributed by atoms with Gasteiger partial charge in [-0.05, 0) is 25.5 Å². The fraction of sp³-hybridized carbons (Fsp3) is 0.385. The zero-order chi connectivity index (χ0) is 12.7. The van der Waals surface area contributed by atoms with E-state index in [-0.39, 0.29) is 12.5 Å². The summed E-state index contributed by atoms with van der Waals surface area (Å²) in [6, 6.07) is 11.2. The number of rotatable bonds is 5. The van der Waals surface area contributed by atoms with Crippen LogP contribution in [0.3, 0.4) is 0 Å². The topological polar surface area (TPSA) is 62.1 Å². The Kier molecular flexibility index (Phi) is 4.53. The monoisotopic (exact) mass is 232 g/mol. The van der Waals surface area contributed by atoms with Gasteiger partial charge in [0.05, 0.1) is 6.07 Å². The standard InChI is InChI=1S/C13H16N2O2/c1-3-13(2,10-14)15-12(16)9-17-11-7-5-4-6-8-11/h4-8H,3,9H2,1-2H3,(H,15,16)/t13-/m1/s1. The van der Waals surface area contributed by atoms with E-state index in [1.807, 2.05) is 25.1 Å². The molecule has 0 radical (unpaired) electrons. The lowest BCUT2D eigenvalue weighted by Crippen LogP contribution is -2.46. The third kappa shape index (κ3) is 4.15. The minimum Gasteiger partial charge on any atom is -0.484 e. The Morgan fingerprint density at radius 3 is 2.65 bits per heavy atom. The predicted molar refractivity (Wildman–Crippen MR) is 64.4 cm³/mol. The first-order valence-corrected chi connectivity index (χ1v) is 5.50. The first-order valence-electron chi connectivity index (χ1n) is 5.50. The van der Waals surface area contributed by atoms with E-state index in [1.165, 1.54) is 0 Å². The lowest BCUT2D eigenvalue weighted by molar-refractivity contribution is -0.124. The van der Waals surface area contributed by atoms with Gasteiger partial charge in [-0.25, -0.2) is 0 Å². The second-order valence-electron chi connectivity index (χ2n) is 3.95. The number of hydrogen-bond acceptors (Lipinski definition) is 3. The number of ether oxygens (including phenoxy) is 1. The molecule has 1 aromatic carbocycles. The maximum Gasteiger partial charge on any atom is 0.259 e. The predicted octanol–water partition coefficient (Wildman–Crippen LogP) is 1.87. The Labute approximate surface area is 101 Å². The van der Waals surface area contributed by atoms with Gasteiger partial charge in [-0.1, -0.05) is 25.1 Å². The zero-order valence-corrected chi connectivity index (χ0v) is 10.1. The van der Waals surface area contributed by atoms with Crippen molar-refractivity contribution in [2.75, 3.05) is 6.61 Å². The van der Waals surface area contributed by atoms with E-state index < -0.39 is 5.54 Å². The molecule has 0 heterocycles. The molecule has 0 aliphatic heterocycles. The highest BCUT2D eigenvalue weighted by atomic mass is 16.5. The van der Waals surface area contributed by atoms with Crippen LogP contribution in [0.1, 0.15) is 20.3 Å². The molecule has 1 aromatic rings. The van der Waals surface area contributed by atoms with E-state index in [9.17, 15) is 4.79 Å². The summed E-state index contributed by atoms with van der Waals surface area (Å²) in [6.07, 6.45) is 0.556. The molecule has 0 spiro atoms. The minimum absolute atomic E-state index is 0.0821. The molecule has 90 valence electrons. The maximum absolute atomic E-state index is 11.6. The molecule has 0 saturated heterocycles. The number of nitrogens with zero attached hydrogens (tertiary/aromatic N) is 1. The van der Waals surface area contributed by atoms with Crippen molar-refractivity contribution >= 4 is 5.91 Å². The average molecular weight is 232 g/mol. The van der Waals surface area contributed by atoms with E-state index >= 15 is 0 Å². The minimum atomic E-state index is -0.822. The van der Waals surface area contributed by atoms with Crippen LogP contribution in [0, 0.1) is 11.3 Å². The van der Waals surface area contributed by atoms with Gasteiger partial charge in [-0.2, -0.15) is 5.26 Å². The summed E-state index contributed by atoms with van der Waals surface area (Å²) in [4.78, 5) is 11.6. The molecule has 17 heavy (non-hydrogen) atoms. The van der Waals surface area contributed by atoms with Crippen LogP contribution in [-0.4, -0.2) is 18.1 Å². The molecule has 1 rings (SSSR count). The molecule has 1 N–H and O–H groups in total. The number of para-hydroxylation sites is 1. The molecular weight excluding hydrogens is 216 g/mol. The van der Waals surface area contributed by atoms with Crippen molar-refractivity contribution < 1.29 is 9.53 Å². The number of amides is 1. The highest BCUT2D eigenvalue weighted by Gasteiger charge is 2.23. The SMILES string of the molecule is CC[C@](C)(C#N)NC(=O)COc1ccccc1. The lowest BCUT2D eigenvalue weighted by atomic mass is 10.0. The highest BCUT2D eigenvalue weighted by Crippen LogP contribution is 2.09. The van der Waals surface area contributed by atoms with E-state index in [1.54, 1.807) is 19.1 Å². The Balaban J connectivity index is 2.44. The highest BCUT2D eigenvalue weighted by molar-refractivity contribution is 5.78. The third-order valence-electron chi connectivity index (χ3n) is 2.48. The Bertz CT molecular complexity index is 411. The Morgan fingerprint density at radius 1 is 1.47 bits per heavy atom. The van der Waals surface area contributed by atoms with Gasteiger partial charge >= 0.3 is 0 Å². The van der Waals surface area contributed by atoms with Crippen molar-refractivity contribution in [1.82, 2.24) is 5.32 Å². The number of nitriles is 1. The van der Waals surface area contributed by atoms with Crippen LogP contribution in [0.25, 0.3) is 0 Å². The van der Waals surface area contributed by atoms with Gasteiger partial charge in [-0.15, -0.1) is 0 Å². The fourth-order valence-corrected chi connectivity index (χ4v) is 1.20. The summed E-state index contributed by atoms with van der Waals surface area (Å²) in [7, 11) is 0. The van der Waals surface area contributed by atoms with Crippen molar-refractivity contribution in [2.24, 2.45) is 0 Å². The summed E-state index contributed by atoms with van der Waals surface area (Å²) < 4.78 is 5.28. The van der Waals surface area contributed by atoms with Gasteiger partial charge in [-0.3, -0.25) is 4.79 Å². The lowest BCUT2D eigenvalue weighted by Gasteiger charge is -2.21. The van der Waals surface area contributed by atoms with Crippen LogP contribution in [0.4, 0.5) is 0 Å². The molecule has 0 aliphatic carbocycles. The Hall–Kier alpha value is -2.02. The van der Waals surface area contributed by atoms with Gasteiger partial charge in [0.25, 0.3) is 5.91 Å². The van der Waals surface area contributed by atoms with Crippen molar-refractivity contribution in [3.63, 3.8) is 0 Å². The number of benzene rings is 1. The van der Waals surface area contributed by atoms with Crippen molar-refractivity contribution in [1.29, 1.82) is 5.26 Å². The quantitative estimate of drug-likeness (QED) is 0.843. The summed E-state index contributed by atoms with van der Waals surface area (Å²) in [5.41, 5.74) is -0.822. The number of hydrogen-bond donors (Lipinski definition) is 1. The second-order valence-corrected chi connectivity index (χ2v) is 3.95. The number of nitrogens with one attached hydrogen (secondary N) is 1. The molecule has 4 heteroatoms. The smallest absolute Gasteiger partial charge is 0.259 e. The molecule has 0 saturated carbocycles. The number of carbonyl (C=O) groups excluding carboxylic acids is 1. The number of carbonyl (C=O) groups is 1. The van der Waals surface area contributed by atoms with E-state index in [4.69, 9.17) is 10.00 Å². The van der Waals surface area contributed by atoms with E-state index in [0.29, 0.717) is 12.2 Å². The first kappa shape index (κ1) is 13.0. The summed E-state index contributed by atoms with van der Waals surface area (Å²) >= 11 is 0. The van der Waals surface area contributed by atoms with Gasteiger partial charge < -0.3 is 10.1 Å². The van der Waals surface area contributed by atoms with Crippen LogP contribution in [0.15, 0.2) is 30.3 Å². The molecular formula is C13H16N2O2. The van der Waals surface area contributed by atoms with Crippen LogP contribution in [-0.2, 0) is 4.79 Å². The zero-order valence-electron chi connectivity index (χ0n) is 10.1. The van der Waals surface area contributed by atoms with Crippen LogP contribution in [0.2, 0.25) is 0 Å². The first-order chi connectivity index (χ1) is 8.09. The third-order valence-corrected chi connectivity index (χ3v) is 2.48. The van der Waals surface area contributed by atoms with Crippen molar-refractivity contribution in [3.05, 3.63) is 30.3 Å². The van der Waals surface area contributed by atoms with Gasteiger partial charge in [0.15, 0.2) is 6.61 Å². The molecule has 1 amide bonds. The fourth-order valence-electron chi connectivity index (χ4n) is 1.20. The molecule has 0 aliphatic rings. The molecule has 4 nitrogen and oxygen atoms in total. The average Bonchev–Trinajstić information content (AvgIpc) is 2.37. The normalized spacial score (nSPS) is 13.2. The molecule has 1 atom stereocenters. The van der Waals surface area contributed by atoms with Crippen molar-refractivity contribution in [2.45, 2.75) is 25.8 Å². The molecule has 0 aromatic heterocycles. The molecule has 0 unspecified atom stereocenters. The van der Waals surface area contributed by atoms with E-state index in [0.717, 1.165) is 0 Å². The molecule has 0 bridgehead atoms. The van der Waals surface area contributed by atoms with Crippen LogP contribution < -0.4 is 10.1 Å². The Morgan fingerprint density at radius 2 is 2.12 bits per heavy atom. The van der Waals surface area contributed by atoms with Gasteiger partial charge in [0, 0.05) is 0 Å². The maximum atomic E-state index is 11.6. The summed E-state index contributed by atoms with van der Waals surface area (Å²) in [5.74, 6) is 0.345. The summed E-state index contributed by atoms with van der Waals surface area (Å²) in [6.45, 7) is 3.45. The van der Waals surface area contributed by atoms with E-state index in [2.05, 4.69) is 11.4 Å². The van der Waals surface area contributed by atoms with Crippen LogP contribution in [0.5, 0.6) is 5.75 Å². The van der Waals surface area contributed by atoms with Crippen molar-refractivity contribution in [3.8, 4) is 11.8 Å². The largest absolute Gasteiger partial charge is 0.484 e. The molecule has 0 fully saturated rings. The second kappa shape index (κ2) is 5.90. The van der Waals surface area contributed by atoms with Crippen LogP contribution >= 0.6 is 0 Å².